The van der Waals surface area contributed by atoms with Crippen LogP contribution < -0.4 is 0 Å². The molecule has 3 nitrogen and oxygen atoms in total. The predicted molar refractivity (Wildman–Crippen MR) is 91.8 cm³/mol. The largest absolute Gasteiger partial charge is 0.469 e. The van der Waals surface area contributed by atoms with Crippen LogP contribution in [-0.4, -0.2) is 37.1 Å². The number of fused-ring (bicyclic) bond motifs is 2. The third-order valence-electron chi connectivity index (χ3n) is 5.36. The zero-order chi connectivity index (χ0) is 15.7. The minimum absolute atomic E-state index is 0.0497. The van der Waals surface area contributed by atoms with Gasteiger partial charge in [0.15, 0.2) is 0 Å². The highest BCUT2D eigenvalue weighted by molar-refractivity contribution is 9.11. The van der Waals surface area contributed by atoms with Gasteiger partial charge in [0, 0.05) is 18.0 Å². The first kappa shape index (κ1) is 15.8. The van der Waals surface area contributed by atoms with E-state index in [0.717, 1.165) is 18.4 Å². The molecule has 4 unspecified atom stereocenters. The summed E-state index contributed by atoms with van der Waals surface area (Å²) in [4.78, 5) is 16.6. The van der Waals surface area contributed by atoms with Gasteiger partial charge in [-0.15, -0.1) is 0 Å². The maximum Gasteiger partial charge on any atom is 0.310 e. The Morgan fingerprint density at radius 1 is 1.32 bits per heavy atom. The third kappa shape index (κ3) is 2.74. The minimum atomic E-state index is -0.0633. The van der Waals surface area contributed by atoms with Crippen LogP contribution in [0.4, 0.5) is 0 Å². The molecule has 0 aromatic heterocycles. The molecule has 0 spiro atoms. The SMILES string of the molecule is COC(=O)C1C(c2ccc(/C=C\Br)cc2)CC2CCC1N2C. The Bertz CT molecular complexity index is 569. The van der Waals surface area contributed by atoms with Crippen molar-refractivity contribution in [2.45, 2.75) is 37.3 Å². The fourth-order valence-corrected chi connectivity index (χ4v) is 4.50. The van der Waals surface area contributed by atoms with E-state index in [9.17, 15) is 4.79 Å². The number of hydrogen-bond donors (Lipinski definition) is 0. The van der Waals surface area contributed by atoms with Gasteiger partial charge in [-0.05, 0) is 48.5 Å². The highest BCUT2D eigenvalue weighted by Gasteiger charge is 2.49. The van der Waals surface area contributed by atoms with Crippen LogP contribution in [0.2, 0.25) is 0 Å². The lowest BCUT2D eigenvalue weighted by atomic mass is 9.76. The number of ether oxygens (including phenoxy) is 1. The Hall–Kier alpha value is -1.13. The Morgan fingerprint density at radius 2 is 2.05 bits per heavy atom. The van der Waals surface area contributed by atoms with Crippen LogP contribution in [-0.2, 0) is 9.53 Å². The highest BCUT2D eigenvalue weighted by Crippen LogP contribution is 2.46. The molecule has 0 amide bonds. The lowest BCUT2D eigenvalue weighted by molar-refractivity contribution is -0.150. The molecule has 4 atom stereocenters. The number of carbonyl (C=O) groups excluding carboxylic acids is 1. The zero-order valence-electron chi connectivity index (χ0n) is 13.0. The van der Waals surface area contributed by atoms with Gasteiger partial charge in [-0.25, -0.2) is 0 Å². The Morgan fingerprint density at radius 3 is 2.68 bits per heavy atom. The van der Waals surface area contributed by atoms with Gasteiger partial charge in [-0.3, -0.25) is 9.69 Å². The molecule has 0 aliphatic carbocycles. The van der Waals surface area contributed by atoms with Crippen molar-refractivity contribution >= 4 is 28.0 Å². The maximum atomic E-state index is 12.4. The van der Waals surface area contributed by atoms with Crippen LogP contribution >= 0.6 is 15.9 Å². The summed E-state index contributed by atoms with van der Waals surface area (Å²) in [5.41, 5.74) is 2.42. The summed E-state index contributed by atoms with van der Waals surface area (Å²) in [6, 6.07) is 9.46. The molecular formula is C18H22BrNO2. The summed E-state index contributed by atoms with van der Waals surface area (Å²) < 4.78 is 5.12. The number of methoxy groups -OCH3 is 1. The number of benzene rings is 1. The molecule has 4 heteroatoms. The number of piperidine rings is 1. The molecule has 118 valence electrons. The molecule has 0 N–H and O–H groups in total. The standard InChI is InChI=1S/C18H22BrNO2/c1-20-14-7-8-16(20)17(18(21)22-2)15(11-14)13-5-3-12(4-6-13)9-10-19/h3-6,9-10,14-17H,7-8,11H2,1-2H3/b10-9-. The Kier molecular flexibility index (Phi) is 4.69. The van der Waals surface area contributed by atoms with E-state index in [0.29, 0.717) is 12.1 Å². The van der Waals surface area contributed by atoms with Crippen molar-refractivity contribution in [3.05, 3.63) is 40.4 Å². The van der Waals surface area contributed by atoms with Gasteiger partial charge < -0.3 is 4.74 Å². The monoisotopic (exact) mass is 363 g/mol. The molecule has 22 heavy (non-hydrogen) atoms. The van der Waals surface area contributed by atoms with E-state index in [2.05, 4.69) is 52.1 Å². The molecule has 3 rings (SSSR count). The second-order valence-electron chi connectivity index (χ2n) is 6.31. The molecule has 0 saturated carbocycles. The summed E-state index contributed by atoms with van der Waals surface area (Å²) >= 11 is 3.30. The quantitative estimate of drug-likeness (QED) is 0.765. The molecular weight excluding hydrogens is 342 g/mol. The smallest absolute Gasteiger partial charge is 0.310 e. The average Bonchev–Trinajstić information content (AvgIpc) is 2.77. The maximum absolute atomic E-state index is 12.4. The van der Waals surface area contributed by atoms with E-state index in [4.69, 9.17) is 4.74 Å². The van der Waals surface area contributed by atoms with Crippen LogP contribution in [0.25, 0.3) is 6.08 Å². The molecule has 2 aliphatic heterocycles. The summed E-state index contributed by atoms with van der Waals surface area (Å²) in [6.07, 6.45) is 5.34. The van der Waals surface area contributed by atoms with Crippen LogP contribution in [0, 0.1) is 5.92 Å². The van der Waals surface area contributed by atoms with E-state index < -0.39 is 0 Å². The molecule has 2 fully saturated rings. The van der Waals surface area contributed by atoms with Gasteiger partial charge in [0.2, 0.25) is 0 Å². The third-order valence-corrected chi connectivity index (χ3v) is 5.63. The van der Waals surface area contributed by atoms with E-state index in [1.807, 2.05) is 11.1 Å². The summed E-state index contributed by atoms with van der Waals surface area (Å²) in [6.45, 7) is 0. The summed E-state index contributed by atoms with van der Waals surface area (Å²) in [7, 11) is 3.66. The molecule has 1 aromatic carbocycles. The van der Waals surface area contributed by atoms with Crippen LogP contribution in [0.15, 0.2) is 29.3 Å². The number of halogens is 1. The molecule has 2 aliphatic rings. The van der Waals surface area contributed by atoms with E-state index in [1.54, 1.807) is 0 Å². The van der Waals surface area contributed by atoms with Gasteiger partial charge >= 0.3 is 5.97 Å². The van der Waals surface area contributed by atoms with Crippen molar-refractivity contribution in [3.8, 4) is 0 Å². The normalized spacial score (nSPS) is 31.6. The van der Waals surface area contributed by atoms with E-state index in [1.165, 1.54) is 19.1 Å². The Balaban J connectivity index is 1.91. The number of carbonyl (C=O) groups is 1. The van der Waals surface area contributed by atoms with Crippen molar-refractivity contribution in [2.75, 3.05) is 14.2 Å². The lowest BCUT2D eigenvalue weighted by Crippen LogP contribution is -2.49. The zero-order valence-corrected chi connectivity index (χ0v) is 14.6. The first-order valence-electron chi connectivity index (χ1n) is 7.82. The minimum Gasteiger partial charge on any atom is -0.469 e. The number of rotatable bonds is 3. The number of hydrogen-bond acceptors (Lipinski definition) is 3. The van der Waals surface area contributed by atoms with Gasteiger partial charge in [0.25, 0.3) is 0 Å². The van der Waals surface area contributed by atoms with Crippen molar-refractivity contribution in [1.29, 1.82) is 0 Å². The predicted octanol–water partition coefficient (Wildman–Crippen LogP) is 3.79. The van der Waals surface area contributed by atoms with Gasteiger partial charge in [-0.2, -0.15) is 0 Å². The van der Waals surface area contributed by atoms with Gasteiger partial charge in [0.05, 0.1) is 13.0 Å². The fourth-order valence-electron chi connectivity index (χ4n) is 4.19. The van der Waals surface area contributed by atoms with Crippen molar-refractivity contribution in [1.82, 2.24) is 4.90 Å². The molecule has 2 bridgehead atoms. The second kappa shape index (κ2) is 6.55. The molecule has 2 heterocycles. The number of nitrogens with zero attached hydrogens (tertiary/aromatic N) is 1. The van der Waals surface area contributed by atoms with Crippen LogP contribution in [0.3, 0.4) is 0 Å². The highest BCUT2D eigenvalue weighted by atomic mass is 79.9. The fraction of sp³-hybridized carbons (Fsp3) is 0.500. The van der Waals surface area contributed by atoms with Crippen molar-refractivity contribution in [2.24, 2.45) is 5.92 Å². The molecule has 1 aromatic rings. The first-order chi connectivity index (χ1) is 10.7. The first-order valence-corrected chi connectivity index (χ1v) is 8.73. The Labute approximate surface area is 140 Å². The van der Waals surface area contributed by atoms with Crippen LogP contribution in [0.1, 0.15) is 36.3 Å². The molecule has 0 radical (unpaired) electrons. The van der Waals surface area contributed by atoms with E-state index in [-0.39, 0.29) is 17.8 Å². The van der Waals surface area contributed by atoms with E-state index >= 15 is 0 Å². The number of esters is 1. The molecule has 2 saturated heterocycles. The lowest BCUT2D eigenvalue weighted by Gasteiger charge is -2.41. The average molecular weight is 364 g/mol. The van der Waals surface area contributed by atoms with Crippen LogP contribution in [0.5, 0.6) is 0 Å². The summed E-state index contributed by atoms with van der Waals surface area (Å²) in [5.74, 6) is 0.154. The van der Waals surface area contributed by atoms with Gasteiger partial charge in [-0.1, -0.05) is 40.2 Å². The summed E-state index contributed by atoms with van der Waals surface area (Å²) in [5, 5.41) is 0. The van der Waals surface area contributed by atoms with Crippen molar-refractivity contribution < 1.29 is 9.53 Å². The van der Waals surface area contributed by atoms with Crippen molar-refractivity contribution in [3.63, 3.8) is 0 Å². The van der Waals surface area contributed by atoms with Gasteiger partial charge in [0.1, 0.15) is 0 Å². The topological polar surface area (TPSA) is 29.5 Å². The second-order valence-corrected chi connectivity index (χ2v) is 6.84.